The van der Waals surface area contributed by atoms with Gasteiger partial charge in [-0.3, -0.25) is 20.4 Å². The first-order chi connectivity index (χ1) is 12.4. The van der Waals surface area contributed by atoms with Crippen molar-refractivity contribution in [2.45, 2.75) is 0 Å². The maximum Gasteiger partial charge on any atom is 0.257 e. The van der Waals surface area contributed by atoms with E-state index in [9.17, 15) is 14.0 Å². The number of hydrogen-bond donors (Lipinski definition) is 4. The second-order valence-corrected chi connectivity index (χ2v) is 6.17. The number of nitrogens with one attached hydrogen (secondary N) is 4. The number of amides is 2. The number of carbonyl (C=O) groups excluding carboxylic acids is 2. The van der Waals surface area contributed by atoms with Crippen LogP contribution in [-0.2, 0) is 4.79 Å². The van der Waals surface area contributed by atoms with Gasteiger partial charge in [0.1, 0.15) is 5.82 Å². The quantitative estimate of drug-likeness (QED) is 0.456. The average Bonchev–Trinajstić information content (AvgIpc) is 2.60. The topological polar surface area (TPSA) is 82.3 Å². The lowest BCUT2D eigenvalue weighted by Gasteiger charge is -2.12. The molecule has 2 amide bonds. The number of thiocarbonyl (C=S) groups is 1. The van der Waals surface area contributed by atoms with Crippen LogP contribution in [0, 0.1) is 5.82 Å². The molecular formula is C16H13Cl2FN4O2S. The van der Waals surface area contributed by atoms with Gasteiger partial charge in [-0.25, -0.2) is 4.39 Å². The van der Waals surface area contributed by atoms with E-state index in [-0.39, 0.29) is 27.9 Å². The summed E-state index contributed by atoms with van der Waals surface area (Å²) in [5.41, 5.74) is 5.01. The Morgan fingerprint density at radius 1 is 1.08 bits per heavy atom. The van der Waals surface area contributed by atoms with Crippen LogP contribution in [0.1, 0.15) is 10.4 Å². The molecule has 4 N–H and O–H groups in total. The zero-order chi connectivity index (χ0) is 19.1. The van der Waals surface area contributed by atoms with Crippen molar-refractivity contribution >= 4 is 58.0 Å². The van der Waals surface area contributed by atoms with Crippen LogP contribution in [0.2, 0.25) is 10.0 Å². The van der Waals surface area contributed by atoms with Crippen molar-refractivity contribution in [2.75, 3.05) is 11.9 Å². The van der Waals surface area contributed by atoms with Crippen LogP contribution in [0.15, 0.2) is 42.5 Å². The SMILES string of the molecule is O=C(CNC(=O)c1ccc(Cl)cc1Cl)NNC(=S)Nc1ccccc1F. The highest BCUT2D eigenvalue weighted by Gasteiger charge is 2.12. The molecule has 0 heterocycles. The number of rotatable bonds is 4. The number of hydrazine groups is 1. The van der Waals surface area contributed by atoms with Gasteiger partial charge in [-0.2, -0.15) is 0 Å². The third-order valence-electron chi connectivity index (χ3n) is 3.02. The summed E-state index contributed by atoms with van der Waals surface area (Å²) in [6.45, 7) is -0.326. The largest absolute Gasteiger partial charge is 0.343 e. The molecule has 0 aliphatic rings. The van der Waals surface area contributed by atoms with E-state index < -0.39 is 17.6 Å². The Hall–Kier alpha value is -2.42. The van der Waals surface area contributed by atoms with Crippen molar-refractivity contribution in [3.63, 3.8) is 0 Å². The predicted octanol–water partition coefficient (Wildman–Crippen LogP) is 2.88. The maximum absolute atomic E-state index is 13.5. The molecule has 0 unspecified atom stereocenters. The van der Waals surface area contributed by atoms with Gasteiger partial charge in [-0.1, -0.05) is 35.3 Å². The normalized spacial score (nSPS) is 9.96. The number of carbonyl (C=O) groups is 2. The zero-order valence-electron chi connectivity index (χ0n) is 13.1. The standard InChI is InChI=1S/C16H13Cl2FN4O2S/c17-9-5-6-10(11(18)7-9)15(25)20-8-14(24)22-23-16(26)21-13-4-2-1-3-12(13)19/h1-7H,8H2,(H,20,25)(H,22,24)(H2,21,23,26). The number of anilines is 1. The minimum absolute atomic E-state index is 0.0180. The third-order valence-corrected chi connectivity index (χ3v) is 3.77. The van der Waals surface area contributed by atoms with Gasteiger partial charge in [-0.15, -0.1) is 0 Å². The lowest BCUT2D eigenvalue weighted by atomic mass is 10.2. The Balaban J connectivity index is 1.77. The Labute approximate surface area is 164 Å². The molecular weight excluding hydrogens is 402 g/mol. The molecule has 10 heteroatoms. The molecule has 0 spiro atoms. The van der Waals surface area contributed by atoms with Crippen LogP contribution in [-0.4, -0.2) is 23.5 Å². The molecule has 0 radical (unpaired) electrons. The molecule has 2 aromatic rings. The van der Waals surface area contributed by atoms with Gasteiger partial charge in [0.25, 0.3) is 11.8 Å². The summed E-state index contributed by atoms with van der Waals surface area (Å²) in [5, 5.41) is 5.53. The van der Waals surface area contributed by atoms with Crippen LogP contribution in [0.5, 0.6) is 0 Å². The summed E-state index contributed by atoms with van der Waals surface area (Å²) in [4.78, 5) is 23.7. The maximum atomic E-state index is 13.5. The van der Waals surface area contributed by atoms with Crippen molar-refractivity contribution in [2.24, 2.45) is 0 Å². The highest BCUT2D eigenvalue weighted by atomic mass is 35.5. The monoisotopic (exact) mass is 414 g/mol. The summed E-state index contributed by atoms with van der Waals surface area (Å²) in [5.74, 6) is -1.59. The van der Waals surface area contributed by atoms with Gasteiger partial charge in [0.15, 0.2) is 5.11 Å². The molecule has 0 atom stereocenters. The van der Waals surface area contributed by atoms with Gasteiger partial charge in [0.05, 0.1) is 22.8 Å². The van der Waals surface area contributed by atoms with Crippen LogP contribution < -0.4 is 21.5 Å². The Morgan fingerprint density at radius 2 is 1.81 bits per heavy atom. The second kappa shape index (κ2) is 9.33. The lowest BCUT2D eigenvalue weighted by molar-refractivity contribution is -0.120. The minimum Gasteiger partial charge on any atom is -0.343 e. The highest BCUT2D eigenvalue weighted by molar-refractivity contribution is 7.80. The van der Waals surface area contributed by atoms with E-state index in [1.165, 1.54) is 36.4 Å². The van der Waals surface area contributed by atoms with Crippen molar-refractivity contribution in [3.8, 4) is 0 Å². The van der Waals surface area contributed by atoms with E-state index in [0.717, 1.165) is 0 Å². The Bertz CT molecular complexity index is 851. The van der Waals surface area contributed by atoms with Crippen molar-refractivity contribution in [1.82, 2.24) is 16.2 Å². The summed E-state index contributed by atoms with van der Waals surface area (Å²) in [7, 11) is 0. The van der Waals surface area contributed by atoms with E-state index in [2.05, 4.69) is 21.5 Å². The number of benzene rings is 2. The Morgan fingerprint density at radius 3 is 2.50 bits per heavy atom. The second-order valence-electron chi connectivity index (χ2n) is 4.91. The third kappa shape index (κ3) is 5.83. The van der Waals surface area contributed by atoms with E-state index in [1.807, 2.05) is 0 Å². The molecule has 0 fully saturated rings. The van der Waals surface area contributed by atoms with E-state index >= 15 is 0 Å². The molecule has 6 nitrogen and oxygen atoms in total. The van der Waals surface area contributed by atoms with Gasteiger partial charge >= 0.3 is 0 Å². The van der Waals surface area contributed by atoms with Crippen LogP contribution in [0.3, 0.4) is 0 Å². The van der Waals surface area contributed by atoms with Crippen molar-refractivity contribution in [3.05, 3.63) is 63.9 Å². The molecule has 0 aliphatic heterocycles. The lowest BCUT2D eigenvalue weighted by Crippen LogP contribution is -2.47. The Kier molecular flexibility index (Phi) is 7.14. The highest BCUT2D eigenvalue weighted by Crippen LogP contribution is 2.20. The van der Waals surface area contributed by atoms with E-state index in [1.54, 1.807) is 6.07 Å². The zero-order valence-corrected chi connectivity index (χ0v) is 15.4. The van der Waals surface area contributed by atoms with Gasteiger partial charge in [-0.05, 0) is 42.5 Å². The van der Waals surface area contributed by atoms with Gasteiger partial charge < -0.3 is 10.6 Å². The predicted molar refractivity (Wildman–Crippen MR) is 103 cm³/mol. The van der Waals surface area contributed by atoms with E-state index in [4.69, 9.17) is 35.4 Å². The summed E-state index contributed by atoms with van der Waals surface area (Å²) < 4.78 is 13.5. The average molecular weight is 415 g/mol. The number of para-hydroxylation sites is 1. The number of hydrogen-bond acceptors (Lipinski definition) is 3. The molecule has 0 bridgehead atoms. The fraction of sp³-hybridized carbons (Fsp3) is 0.0625. The fourth-order valence-electron chi connectivity index (χ4n) is 1.82. The summed E-state index contributed by atoms with van der Waals surface area (Å²) >= 11 is 16.6. The van der Waals surface area contributed by atoms with Crippen molar-refractivity contribution in [1.29, 1.82) is 0 Å². The molecule has 0 saturated carbocycles. The van der Waals surface area contributed by atoms with Crippen LogP contribution >= 0.6 is 35.4 Å². The summed E-state index contributed by atoms with van der Waals surface area (Å²) in [6.07, 6.45) is 0. The smallest absolute Gasteiger partial charge is 0.257 e. The molecule has 2 aromatic carbocycles. The van der Waals surface area contributed by atoms with E-state index in [0.29, 0.717) is 5.02 Å². The van der Waals surface area contributed by atoms with Crippen molar-refractivity contribution < 1.29 is 14.0 Å². The number of halogens is 3. The molecule has 2 rings (SSSR count). The van der Waals surface area contributed by atoms with Gasteiger partial charge in [0, 0.05) is 5.02 Å². The van der Waals surface area contributed by atoms with Gasteiger partial charge in [0.2, 0.25) is 0 Å². The first-order valence-electron chi connectivity index (χ1n) is 7.20. The molecule has 136 valence electrons. The molecule has 26 heavy (non-hydrogen) atoms. The molecule has 0 aromatic heterocycles. The van der Waals surface area contributed by atoms with Crippen LogP contribution in [0.25, 0.3) is 0 Å². The fourth-order valence-corrected chi connectivity index (χ4v) is 2.47. The first kappa shape index (κ1) is 19.9. The van der Waals surface area contributed by atoms with Crippen LogP contribution in [0.4, 0.5) is 10.1 Å². The first-order valence-corrected chi connectivity index (χ1v) is 8.37. The molecule has 0 saturated heterocycles. The molecule has 0 aliphatic carbocycles. The summed E-state index contributed by atoms with van der Waals surface area (Å²) in [6, 6.07) is 10.3. The minimum atomic E-state index is -0.568.